The molecule has 0 aliphatic carbocycles. The second kappa shape index (κ2) is 5.89. The van der Waals surface area contributed by atoms with Crippen molar-refractivity contribution < 1.29 is 9.84 Å². The van der Waals surface area contributed by atoms with Crippen LogP contribution in [0.3, 0.4) is 0 Å². The molecule has 1 atom stereocenters. The van der Waals surface area contributed by atoms with E-state index in [1.807, 2.05) is 48.5 Å². The molecule has 0 aliphatic rings. The van der Waals surface area contributed by atoms with Crippen LogP contribution >= 0.6 is 11.6 Å². The number of benzene rings is 2. The van der Waals surface area contributed by atoms with Crippen LogP contribution in [0.4, 0.5) is 0 Å². The molecule has 0 bridgehead atoms. The number of hydrogen-bond donors (Lipinski definition) is 1. The minimum absolute atomic E-state index is 0.540. The van der Waals surface area contributed by atoms with Gasteiger partial charge >= 0.3 is 0 Å². The fourth-order valence-corrected chi connectivity index (χ4v) is 1.94. The molecule has 0 saturated carbocycles. The summed E-state index contributed by atoms with van der Waals surface area (Å²) in [5.41, 5.74) is 1.90. The Labute approximate surface area is 112 Å². The Bertz CT molecular complexity index is 508. The van der Waals surface area contributed by atoms with Crippen LogP contribution in [0, 0.1) is 0 Å². The highest BCUT2D eigenvalue weighted by atomic mass is 35.5. The van der Waals surface area contributed by atoms with E-state index in [9.17, 15) is 5.11 Å². The predicted octanol–water partition coefficient (Wildman–Crippen LogP) is 3.62. The monoisotopic (exact) mass is 262 g/mol. The highest BCUT2D eigenvalue weighted by molar-refractivity contribution is 6.30. The van der Waals surface area contributed by atoms with E-state index in [-0.39, 0.29) is 0 Å². The van der Waals surface area contributed by atoms with Gasteiger partial charge in [-0.1, -0.05) is 35.9 Å². The Kier molecular flexibility index (Phi) is 4.24. The summed E-state index contributed by atoms with van der Waals surface area (Å²) >= 11 is 5.83. The van der Waals surface area contributed by atoms with E-state index < -0.39 is 6.10 Å². The van der Waals surface area contributed by atoms with Crippen molar-refractivity contribution in [2.75, 3.05) is 7.11 Å². The zero-order valence-electron chi connectivity index (χ0n) is 10.1. The van der Waals surface area contributed by atoms with E-state index in [0.717, 1.165) is 16.9 Å². The molecule has 94 valence electrons. The van der Waals surface area contributed by atoms with Gasteiger partial charge in [-0.2, -0.15) is 0 Å². The summed E-state index contributed by atoms with van der Waals surface area (Å²) in [6.07, 6.45) is 0.0194. The second-order valence-corrected chi connectivity index (χ2v) is 4.56. The Hall–Kier alpha value is -1.51. The van der Waals surface area contributed by atoms with Gasteiger partial charge in [0.05, 0.1) is 13.2 Å². The molecule has 0 fully saturated rings. The molecule has 2 aromatic rings. The van der Waals surface area contributed by atoms with Crippen LogP contribution in [0.15, 0.2) is 48.5 Å². The van der Waals surface area contributed by atoms with Crippen molar-refractivity contribution in [1.82, 2.24) is 0 Å². The Balaban J connectivity index is 2.11. The lowest BCUT2D eigenvalue weighted by molar-refractivity contribution is 0.178. The first-order valence-corrected chi connectivity index (χ1v) is 6.13. The number of aliphatic hydroxyl groups is 1. The van der Waals surface area contributed by atoms with Crippen LogP contribution in [0.5, 0.6) is 5.75 Å². The van der Waals surface area contributed by atoms with E-state index >= 15 is 0 Å². The number of halogens is 1. The van der Waals surface area contributed by atoms with Crippen LogP contribution in [0.1, 0.15) is 17.2 Å². The number of aliphatic hydroxyl groups excluding tert-OH is 1. The molecule has 3 heteroatoms. The number of hydrogen-bond acceptors (Lipinski definition) is 2. The topological polar surface area (TPSA) is 29.5 Å². The molecule has 0 aromatic heterocycles. The fourth-order valence-electron chi connectivity index (χ4n) is 1.81. The van der Waals surface area contributed by atoms with Crippen molar-refractivity contribution in [2.45, 2.75) is 12.5 Å². The van der Waals surface area contributed by atoms with Crippen molar-refractivity contribution >= 4 is 11.6 Å². The van der Waals surface area contributed by atoms with E-state index in [0.29, 0.717) is 11.4 Å². The summed E-state index contributed by atoms with van der Waals surface area (Å²) in [6.45, 7) is 0. The lowest BCUT2D eigenvalue weighted by Gasteiger charge is -2.12. The van der Waals surface area contributed by atoms with Gasteiger partial charge in [0.1, 0.15) is 5.75 Å². The molecular weight excluding hydrogens is 248 g/mol. The highest BCUT2D eigenvalue weighted by Gasteiger charge is 2.09. The molecule has 18 heavy (non-hydrogen) atoms. The van der Waals surface area contributed by atoms with Crippen LogP contribution in [0.25, 0.3) is 0 Å². The van der Waals surface area contributed by atoms with Crippen LogP contribution in [-0.2, 0) is 6.42 Å². The molecule has 0 radical (unpaired) electrons. The lowest BCUT2D eigenvalue weighted by atomic mass is 10.0. The first-order valence-electron chi connectivity index (χ1n) is 5.75. The normalized spacial score (nSPS) is 12.2. The third kappa shape index (κ3) is 3.25. The summed E-state index contributed by atoms with van der Waals surface area (Å²) < 4.78 is 5.14. The van der Waals surface area contributed by atoms with Gasteiger partial charge in [-0.15, -0.1) is 0 Å². The minimum Gasteiger partial charge on any atom is -0.497 e. The summed E-state index contributed by atoms with van der Waals surface area (Å²) in [6, 6.07) is 15.0. The van der Waals surface area contributed by atoms with E-state index in [1.165, 1.54) is 0 Å². The first-order chi connectivity index (χ1) is 8.69. The van der Waals surface area contributed by atoms with Gasteiger partial charge in [0, 0.05) is 11.4 Å². The van der Waals surface area contributed by atoms with Crippen LogP contribution < -0.4 is 4.74 Å². The highest BCUT2D eigenvalue weighted by Crippen LogP contribution is 2.22. The largest absolute Gasteiger partial charge is 0.497 e. The quantitative estimate of drug-likeness (QED) is 0.912. The molecule has 2 aromatic carbocycles. The van der Waals surface area contributed by atoms with E-state index in [1.54, 1.807) is 7.11 Å². The summed E-state index contributed by atoms with van der Waals surface area (Å²) in [4.78, 5) is 0. The minimum atomic E-state index is -0.540. The molecule has 0 amide bonds. The zero-order chi connectivity index (χ0) is 13.0. The van der Waals surface area contributed by atoms with Crippen molar-refractivity contribution in [1.29, 1.82) is 0 Å². The number of methoxy groups -OCH3 is 1. The van der Waals surface area contributed by atoms with Gasteiger partial charge in [0.15, 0.2) is 0 Å². The maximum atomic E-state index is 10.2. The molecule has 0 saturated heterocycles. The van der Waals surface area contributed by atoms with Gasteiger partial charge in [0.25, 0.3) is 0 Å². The van der Waals surface area contributed by atoms with E-state index in [2.05, 4.69) is 0 Å². The SMILES string of the molecule is COc1cccc(C(O)Cc2ccc(Cl)cc2)c1. The van der Waals surface area contributed by atoms with Crippen LogP contribution in [0.2, 0.25) is 5.02 Å². The van der Waals surface area contributed by atoms with E-state index in [4.69, 9.17) is 16.3 Å². The Morgan fingerprint density at radius 2 is 1.89 bits per heavy atom. The average molecular weight is 263 g/mol. The average Bonchev–Trinajstić information content (AvgIpc) is 2.41. The summed E-state index contributed by atoms with van der Waals surface area (Å²) in [7, 11) is 1.62. The summed E-state index contributed by atoms with van der Waals surface area (Å²) in [5.74, 6) is 0.752. The maximum absolute atomic E-state index is 10.2. The van der Waals surface area contributed by atoms with Gasteiger partial charge in [-0.05, 0) is 35.4 Å². The third-order valence-corrected chi connectivity index (χ3v) is 3.07. The van der Waals surface area contributed by atoms with Gasteiger partial charge in [-0.25, -0.2) is 0 Å². The third-order valence-electron chi connectivity index (χ3n) is 2.82. The lowest BCUT2D eigenvalue weighted by Crippen LogP contribution is -2.02. The first kappa shape index (κ1) is 12.9. The molecular formula is C15H15ClO2. The van der Waals surface area contributed by atoms with Crippen molar-refractivity contribution in [3.8, 4) is 5.75 Å². The molecule has 2 nitrogen and oxygen atoms in total. The zero-order valence-corrected chi connectivity index (χ0v) is 10.9. The van der Waals surface area contributed by atoms with Crippen molar-refractivity contribution in [3.05, 3.63) is 64.7 Å². The fraction of sp³-hybridized carbons (Fsp3) is 0.200. The molecule has 1 unspecified atom stereocenters. The summed E-state index contributed by atoms with van der Waals surface area (Å²) in [5, 5.41) is 10.9. The van der Waals surface area contributed by atoms with Crippen molar-refractivity contribution in [2.24, 2.45) is 0 Å². The molecule has 0 heterocycles. The maximum Gasteiger partial charge on any atom is 0.119 e. The molecule has 1 N–H and O–H groups in total. The molecule has 0 aliphatic heterocycles. The second-order valence-electron chi connectivity index (χ2n) is 4.12. The number of rotatable bonds is 4. The predicted molar refractivity (Wildman–Crippen MR) is 73.1 cm³/mol. The standard InChI is InChI=1S/C15H15ClO2/c1-18-14-4-2-3-12(10-14)15(17)9-11-5-7-13(16)8-6-11/h2-8,10,15,17H,9H2,1H3. The smallest absolute Gasteiger partial charge is 0.119 e. The van der Waals surface area contributed by atoms with Crippen LogP contribution in [-0.4, -0.2) is 12.2 Å². The Morgan fingerprint density at radius 1 is 1.17 bits per heavy atom. The Morgan fingerprint density at radius 3 is 2.56 bits per heavy atom. The molecule has 2 rings (SSSR count). The van der Waals surface area contributed by atoms with Crippen molar-refractivity contribution in [3.63, 3.8) is 0 Å². The van der Waals surface area contributed by atoms with Gasteiger partial charge in [0.2, 0.25) is 0 Å². The number of ether oxygens (including phenoxy) is 1. The van der Waals surface area contributed by atoms with Gasteiger partial charge in [-0.3, -0.25) is 0 Å². The molecule has 0 spiro atoms. The van der Waals surface area contributed by atoms with Gasteiger partial charge < -0.3 is 9.84 Å².